The lowest BCUT2D eigenvalue weighted by Gasteiger charge is -2.21. The van der Waals surface area contributed by atoms with E-state index in [1.165, 1.54) is 42.4 Å². The standard InChI is InChI=1S/C22H25NO/c1-2-21(20-14-13-18-10-6-7-11-19(18)16-20)23-22(24)15-12-17-8-4-3-5-9-17/h3-5,8-9,12-16,21H,2,6-7,10-11H2,1H3,(H,23,24)/b15-12+. The molecule has 124 valence electrons. The highest BCUT2D eigenvalue weighted by atomic mass is 16.1. The van der Waals surface area contributed by atoms with Crippen LogP contribution >= 0.6 is 0 Å². The van der Waals surface area contributed by atoms with Crippen LogP contribution in [0.2, 0.25) is 0 Å². The largest absolute Gasteiger partial charge is 0.346 e. The third-order valence-corrected chi connectivity index (χ3v) is 4.73. The molecule has 1 atom stereocenters. The summed E-state index contributed by atoms with van der Waals surface area (Å²) >= 11 is 0. The lowest BCUT2D eigenvalue weighted by Crippen LogP contribution is -2.26. The molecular weight excluding hydrogens is 294 g/mol. The quantitative estimate of drug-likeness (QED) is 0.785. The Kier molecular flexibility index (Phi) is 5.47. The van der Waals surface area contributed by atoms with E-state index in [2.05, 4.69) is 30.4 Å². The second kappa shape index (κ2) is 7.96. The first-order valence-corrected chi connectivity index (χ1v) is 8.91. The minimum absolute atomic E-state index is 0.0385. The fourth-order valence-electron chi connectivity index (χ4n) is 3.35. The molecule has 0 heterocycles. The highest BCUT2D eigenvalue weighted by Gasteiger charge is 2.15. The van der Waals surface area contributed by atoms with Gasteiger partial charge in [-0.25, -0.2) is 0 Å². The molecule has 3 rings (SSSR count). The van der Waals surface area contributed by atoms with E-state index in [1.54, 1.807) is 6.08 Å². The molecule has 1 N–H and O–H groups in total. The Bertz CT molecular complexity index is 718. The van der Waals surface area contributed by atoms with Crippen molar-refractivity contribution in [2.45, 2.75) is 45.1 Å². The van der Waals surface area contributed by atoms with Crippen LogP contribution in [0, 0.1) is 0 Å². The van der Waals surface area contributed by atoms with Crippen molar-refractivity contribution in [2.75, 3.05) is 0 Å². The van der Waals surface area contributed by atoms with Crippen LogP contribution in [0.25, 0.3) is 6.08 Å². The van der Waals surface area contributed by atoms with Crippen LogP contribution in [0.3, 0.4) is 0 Å². The Morgan fingerprint density at radius 2 is 1.83 bits per heavy atom. The van der Waals surface area contributed by atoms with Gasteiger partial charge in [-0.1, -0.05) is 55.5 Å². The molecule has 1 amide bonds. The maximum Gasteiger partial charge on any atom is 0.244 e. The van der Waals surface area contributed by atoms with Gasteiger partial charge in [-0.2, -0.15) is 0 Å². The molecule has 2 aromatic carbocycles. The van der Waals surface area contributed by atoms with Gasteiger partial charge < -0.3 is 5.32 Å². The van der Waals surface area contributed by atoms with E-state index < -0.39 is 0 Å². The number of rotatable bonds is 5. The molecule has 0 aliphatic heterocycles. The average Bonchev–Trinajstić information content (AvgIpc) is 2.65. The van der Waals surface area contributed by atoms with Crippen molar-refractivity contribution in [3.8, 4) is 0 Å². The van der Waals surface area contributed by atoms with E-state index >= 15 is 0 Å². The number of hydrogen-bond donors (Lipinski definition) is 1. The molecule has 24 heavy (non-hydrogen) atoms. The van der Waals surface area contributed by atoms with Crippen molar-refractivity contribution < 1.29 is 4.79 Å². The number of fused-ring (bicyclic) bond motifs is 1. The van der Waals surface area contributed by atoms with Gasteiger partial charge in [-0.3, -0.25) is 4.79 Å². The van der Waals surface area contributed by atoms with Gasteiger partial charge in [0, 0.05) is 6.08 Å². The summed E-state index contributed by atoms with van der Waals surface area (Å²) in [5, 5.41) is 3.13. The average molecular weight is 319 g/mol. The van der Waals surface area contributed by atoms with Crippen LogP contribution in [-0.4, -0.2) is 5.91 Å². The number of hydrogen-bond acceptors (Lipinski definition) is 1. The van der Waals surface area contributed by atoms with Crippen LogP contribution in [0.1, 0.15) is 54.5 Å². The molecule has 0 bridgehead atoms. The van der Waals surface area contributed by atoms with Crippen LogP contribution in [-0.2, 0) is 17.6 Å². The second-order valence-electron chi connectivity index (χ2n) is 6.45. The van der Waals surface area contributed by atoms with Gasteiger partial charge in [0.2, 0.25) is 5.91 Å². The molecule has 2 aromatic rings. The first-order valence-electron chi connectivity index (χ1n) is 8.91. The Hall–Kier alpha value is -2.35. The molecule has 0 radical (unpaired) electrons. The lowest BCUT2D eigenvalue weighted by atomic mass is 9.89. The third-order valence-electron chi connectivity index (χ3n) is 4.73. The summed E-state index contributed by atoms with van der Waals surface area (Å²) in [5.74, 6) is -0.0385. The Labute approximate surface area is 144 Å². The summed E-state index contributed by atoms with van der Waals surface area (Å²) in [6.07, 6.45) is 9.30. The van der Waals surface area contributed by atoms with Crippen LogP contribution < -0.4 is 5.32 Å². The summed E-state index contributed by atoms with van der Waals surface area (Å²) in [7, 11) is 0. The minimum Gasteiger partial charge on any atom is -0.346 e. The predicted octanol–water partition coefficient (Wildman–Crippen LogP) is 4.85. The topological polar surface area (TPSA) is 29.1 Å². The monoisotopic (exact) mass is 319 g/mol. The molecular formula is C22H25NO. The van der Waals surface area contributed by atoms with E-state index in [0.29, 0.717) is 0 Å². The zero-order valence-electron chi connectivity index (χ0n) is 14.3. The van der Waals surface area contributed by atoms with Gasteiger partial charge in [0.1, 0.15) is 0 Å². The van der Waals surface area contributed by atoms with Crippen LogP contribution in [0.15, 0.2) is 54.6 Å². The lowest BCUT2D eigenvalue weighted by molar-refractivity contribution is -0.117. The number of nitrogens with one attached hydrogen (secondary N) is 1. The van der Waals surface area contributed by atoms with E-state index in [9.17, 15) is 4.79 Å². The number of carbonyl (C=O) groups excluding carboxylic acids is 1. The van der Waals surface area contributed by atoms with Crippen molar-refractivity contribution in [3.05, 3.63) is 76.9 Å². The van der Waals surface area contributed by atoms with E-state index in [1.807, 2.05) is 36.4 Å². The van der Waals surface area contributed by atoms with Gasteiger partial charge in [0.05, 0.1) is 6.04 Å². The number of aryl methyl sites for hydroxylation is 2. The molecule has 1 unspecified atom stereocenters. The number of benzene rings is 2. The Morgan fingerprint density at radius 1 is 1.08 bits per heavy atom. The van der Waals surface area contributed by atoms with E-state index in [0.717, 1.165) is 12.0 Å². The fraction of sp³-hybridized carbons (Fsp3) is 0.318. The number of amides is 1. The Balaban J connectivity index is 1.68. The highest BCUT2D eigenvalue weighted by Crippen LogP contribution is 2.26. The van der Waals surface area contributed by atoms with E-state index in [-0.39, 0.29) is 11.9 Å². The first kappa shape index (κ1) is 16.5. The summed E-state index contributed by atoms with van der Waals surface area (Å²) in [6, 6.07) is 16.7. The smallest absolute Gasteiger partial charge is 0.244 e. The second-order valence-corrected chi connectivity index (χ2v) is 6.45. The Morgan fingerprint density at radius 3 is 2.58 bits per heavy atom. The van der Waals surface area contributed by atoms with E-state index in [4.69, 9.17) is 0 Å². The molecule has 0 saturated heterocycles. The SMILES string of the molecule is CCC(NC(=O)/C=C/c1ccccc1)c1ccc2c(c1)CCCC2. The molecule has 0 aromatic heterocycles. The first-order chi connectivity index (χ1) is 11.8. The summed E-state index contributed by atoms with van der Waals surface area (Å²) < 4.78 is 0. The van der Waals surface area contributed by atoms with Crippen molar-refractivity contribution in [1.82, 2.24) is 5.32 Å². The molecule has 1 aliphatic rings. The van der Waals surface area contributed by atoms with Crippen molar-refractivity contribution in [1.29, 1.82) is 0 Å². The molecule has 0 fully saturated rings. The predicted molar refractivity (Wildman–Crippen MR) is 99.7 cm³/mol. The van der Waals surface area contributed by atoms with Crippen molar-refractivity contribution in [3.63, 3.8) is 0 Å². The molecule has 2 heteroatoms. The maximum absolute atomic E-state index is 12.2. The van der Waals surface area contributed by atoms with Crippen LogP contribution in [0.5, 0.6) is 0 Å². The number of carbonyl (C=O) groups is 1. The van der Waals surface area contributed by atoms with Gasteiger partial charge >= 0.3 is 0 Å². The third kappa shape index (κ3) is 4.14. The molecule has 0 spiro atoms. The summed E-state index contributed by atoms with van der Waals surface area (Å²) in [6.45, 7) is 2.12. The highest BCUT2D eigenvalue weighted by molar-refractivity contribution is 5.92. The molecule has 2 nitrogen and oxygen atoms in total. The zero-order valence-corrected chi connectivity index (χ0v) is 14.3. The minimum atomic E-state index is -0.0385. The summed E-state index contributed by atoms with van der Waals surface area (Å²) in [4.78, 5) is 12.2. The van der Waals surface area contributed by atoms with Crippen molar-refractivity contribution in [2.24, 2.45) is 0 Å². The van der Waals surface area contributed by atoms with Gasteiger partial charge in [0.15, 0.2) is 0 Å². The van der Waals surface area contributed by atoms with Gasteiger partial charge in [-0.15, -0.1) is 0 Å². The summed E-state index contributed by atoms with van der Waals surface area (Å²) in [5.41, 5.74) is 5.20. The van der Waals surface area contributed by atoms with Crippen molar-refractivity contribution >= 4 is 12.0 Å². The zero-order chi connectivity index (χ0) is 16.8. The maximum atomic E-state index is 12.2. The van der Waals surface area contributed by atoms with Crippen LogP contribution in [0.4, 0.5) is 0 Å². The normalized spacial score (nSPS) is 15.0. The molecule has 0 saturated carbocycles. The fourth-order valence-corrected chi connectivity index (χ4v) is 3.35. The van der Waals surface area contributed by atoms with Gasteiger partial charge in [-0.05, 0) is 60.4 Å². The molecule has 1 aliphatic carbocycles. The van der Waals surface area contributed by atoms with Gasteiger partial charge in [0.25, 0.3) is 0 Å².